The lowest BCUT2D eigenvalue weighted by Gasteiger charge is -2.08. The van der Waals surface area contributed by atoms with E-state index in [4.69, 9.17) is 28.9 Å². The number of hydrogen-bond acceptors (Lipinski definition) is 1. The van der Waals surface area contributed by atoms with E-state index in [9.17, 15) is 0 Å². The Labute approximate surface area is 118 Å². The molecule has 1 atom stereocenters. The molecule has 0 saturated heterocycles. The van der Waals surface area contributed by atoms with Gasteiger partial charge < -0.3 is 5.73 Å². The van der Waals surface area contributed by atoms with Gasteiger partial charge >= 0.3 is 0 Å². The van der Waals surface area contributed by atoms with Crippen molar-refractivity contribution in [2.75, 3.05) is 0 Å². The van der Waals surface area contributed by atoms with Crippen LogP contribution in [0.25, 0.3) is 11.1 Å². The summed E-state index contributed by atoms with van der Waals surface area (Å²) in [4.78, 5) is 0. The van der Waals surface area contributed by atoms with Crippen LogP contribution in [0.3, 0.4) is 0 Å². The molecule has 2 rings (SSSR count). The molecule has 0 saturated carbocycles. The third kappa shape index (κ3) is 3.26. The first-order valence-electron chi connectivity index (χ1n) is 5.86. The summed E-state index contributed by atoms with van der Waals surface area (Å²) in [5.74, 6) is 0. The zero-order valence-corrected chi connectivity index (χ0v) is 11.7. The quantitative estimate of drug-likeness (QED) is 0.877. The van der Waals surface area contributed by atoms with E-state index < -0.39 is 0 Å². The van der Waals surface area contributed by atoms with Crippen LogP contribution < -0.4 is 5.73 Å². The van der Waals surface area contributed by atoms with Crippen LogP contribution in [0, 0.1) is 0 Å². The number of rotatable bonds is 3. The summed E-state index contributed by atoms with van der Waals surface area (Å²) < 4.78 is 0. The van der Waals surface area contributed by atoms with Crippen LogP contribution in [0.1, 0.15) is 12.5 Å². The topological polar surface area (TPSA) is 26.0 Å². The van der Waals surface area contributed by atoms with Crippen molar-refractivity contribution in [1.29, 1.82) is 0 Å². The van der Waals surface area contributed by atoms with Gasteiger partial charge in [0, 0.05) is 21.7 Å². The lowest BCUT2D eigenvalue weighted by molar-refractivity contribution is 0.738. The van der Waals surface area contributed by atoms with E-state index >= 15 is 0 Å². The van der Waals surface area contributed by atoms with Gasteiger partial charge in [0.15, 0.2) is 0 Å². The van der Waals surface area contributed by atoms with Gasteiger partial charge in [-0.1, -0.05) is 47.5 Å². The van der Waals surface area contributed by atoms with Gasteiger partial charge in [0.05, 0.1) is 0 Å². The number of halogens is 2. The number of benzene rings is 2. The van der Waals surface area contributed by atoms with Crippen LogP contribution >= 0.6 is 23.2 Å². The normalized spacial score (nSPS) is 12.4. The molecule has 94 valence electrons. The Bertz CT molecular complexity index is 533. The number of hydrogen-bond donors (Lipinski definition) is 1. The molecule has 0 bridgehead atoms. The van der Waals surface area contributed by atoms with Crippen LogP contribution in [0.5, 0.6) is 0 Å². The smallest absolute Gasteiger partial charge is 0.0485 e. The van der Waals surface area contributed by atoms with Gasteiger partial charge in [-0.25, -0.2) is 0 Å². The molecule has 0 aliphatic carbocycles. The Kier molecular flexibility index (Phi) is 4.28. The molecule has 0 radical (unpaired) electrons. The Morgan fingerprint density at radius 1 is 1.06 bits per heavy atom. The molecule has 0 aliphatic rings. The highest BCUT2D eigenvalue weighted by Crippen LogP contribution is 2.30. The highest BCUT2D eigenvalue weighted by molar-refractivity contribution is 6.35. The summed E-state index contributed by atoms with van der Waals surface area (Å²) in [6, 6.07) is 13.9. The molecular weight excluding hydrogens is 265 g/mol. The van der Waals surface area contributed by atoms with E-state index in [0.29, 0.717) is 10.0 Å². The van der Waals surface area contributed by atoms with Gasteiger partial charge in [-0.2, -0.15) is 0 Å². The standard InChI is InChI=1S/C15H15Cl2N/c1-10(18)8-11-2-4-12(5-3-11)14-9-13(16)6-7-15(14)17/h2-7,9-10H,8,18H2,1H3. The average molecular weight is 280 g/mol. The van der Waals surface area contributed by atoms with Crippen LogP contribution in [-0.2, 0) is 6.42 Å². The second-order valence-electron chi connectivity index (χ2n) is 4.50. The largest absolute Gasteiger partial charge is 0.328 e. The van der Waals surface area contributed by atoms with Crippen molar-refractivity contribution >= 4 is 23.2 Å². The minimum absolute atomic E-state index is 0.172. The van der Waals surface area contributed by atoms with Gasteiger partial charge in [0.25, 0.3) is 0 Å². The van der Waals surface area contributed by atoms with Crippen molar-refractivity contribution < 1.29 is 0 Å². The molecule has 18 heavy (non-hydrogen) atoms. The first-order valence-corrected chi connectivity index (χ1v) is 6.62. The lowest BCUT2D eigenvalue weighted by Crippen LogP contribution is -2.17. The first kappa shape index (κ1) is 13.4. The van der Waals surface area contributed by atoms with E-state index in [0.717, 1.165) is 17.5 Å². The first-order chi connectivity index (χ1) is 8.56. The Morgan fingerprint density at radius 2 is 1.72 bits per heavy atom. The molecule has 2 aromatic carbocycles. The minimum Gasteiger partial charge on any atom is -0.328 e. The average Bonchev–Trinajstić information content (AvgIpc) is 2.33. The van der Waals surface area contributed by atoms with Crippen molar-refractivity contribution in [3.8, 4) is 11.1 Å². The van der Waals surface area contributed by atoms with Gasteiger partial charge in [-0.3, -0.25) is 0 Å². The fourth-order valence-corrected chi connectivity index (χ4v) is 2.31. The van der Waals surface area contributed by atoms with Gasteiger partial charge in [-0.05, 0) is 42.7 Å². The predicted octanol–water partition coefficient (Wildman–Crippen LogP) is 4.55. The molecule has 2 N–H and O–H groups in total. The molecule has 0 fully saturated rings. The summed E-state index contributed by atoms with van der Waals surface area (Å²) in [5.41, 5.74) is 9.03. The molecule has 0 spiro atoms. The van der Waals surface area contributed by atoms with Crippen molar-refractivity contribution in [3.05, 3.63) is 58.1 Å². The monoisotopic (exact) mass is 279 g/mol. The van der Waals surface area contributed by atoms with Crippen molar-refractivity contribution in [2.24, 2.45) is 5.73 Å². The zero-order chi connectivity index (χ0) is 13.1. The van der Waals surface area contributed by atoms with Crippen LogP contribution in [0.2, 0.25) is 10.0 Å². The molecule has 0 heterocycles. The lowest BCUT2D eigenvalue weighted by atomic mass is 10.0. The molecule has 0 aliphatic heterocycles. The molecule has 0 aromatic heterocycles. The molecule has 2 aromatic rings. The molecule has 1 nitrogen and oxygen atoms in total. The van der Waals surface area contributed by atoms with E-state index in [1.54, 1.807) is 6.07 Å². The van der Waals surface area contributed by atoms with Crippen LogP contribution in [0.15, 0.2) is 42.5 Å². The summed E-state index contributed by atoms with van der Waals surface area (Å²) in [6.45, 7) is 2.00. The van der Waals surface area contributed by atoms with E-state index in [1.165, 1.54) is 5.56 Å². The molecule has 3 heteroatoms. The van der Waals surface area contributed by atoms with Crippen LogP contribution in [0.4, 0.5) is 0 Å². The van der Waals surface area contributed by atoms with E-state index in [2.05, 4.69) is 24.3 Å². The maximum Gasteiger partial charge on any atom is 0.0485 e. The highest BCUT2D eigenvalue weighted by Gasteiger charge is 2.05. The van der Waals surface area contributed by atoms with Gasteiger partial charge in [-0.15, -0.1) is 0 Å². The zero-order valence-electron chi connectivity index (χ0n) is 10.2. The Morgan fingerprint density at radius 3 is 2.33 bits per heavy atom. The summed E-state index contributed by atoms with van der Waals surface area (Å²) in [7, 11) is 0. The van der Waals surface area contributed by atoms with Crippen molar-refractivity contribution in [2.45, 2.75) is 19.4 Å². The maximum atomic E-state index is 6.18. The third-order valence-corrected chi connectivity index (χ3v) is 3.32. The third-order valence-electron chi connectivity index (χ3n) is 2.75. The molecular formula is C15H15Cl2N. The SMILES string of the molecule is CC(N)Cc1ccc(-c2cc(Cl)ccc2Cl)cc1. The minimum atomic E-state index is 0.172. The summed E-state index contributed by atoms with van der Waals surface area (Å²) in [6.07, 6.45) is 0.879. The fourth-order valence-electron chi connectivity index (χ4n) is 1.91. The van der Waals surface area contributed by atoms with E-state index in [-0.39, 0.29) is 6.04 Å². The van der Waals surface area contributed by atoms with Crippen molar-refractivity contribution in [3.63, 3.8) is 0 Å². The van der Waals surface area contributed by atoms with Gasteiger partial charge in [0.2, 0.25) is 0 Å². The Balaban J connectivity index is 2.31. The molecule has 0 amide bonds. The predicted molar refractivity (Wildman–Crippen MR) is 79.3 cm³/mol. The summed E-state index contributed by atoms with van der Waals surface area (Å²) in [5, 5.41) is 1.40. The number of nitrogens with two attached hydrogens (primary N) is 1. The van der Waals surface area contributed by atoms with Gasteiger partial charge in [0.1, 0.15) is 0 Å². The summed E-state index contributed by atoms with van der Waals surface area (Å²) >= 11 is 12.2. The molecule has 1 unspecified atom stereocenters. The maximum absolute atomic E-state index is 6.18. The van der Waals surface area contributed by atoms with Crippen LogP contribution in [-0.4, -0.2) is 6.04 Å². The second kappa shape index (κ2) is 5.75. The van der Waals surface area contributed by atoms with Crippen molar-refractivity contribution in [1.82, 2.24) is 0 Å². The second-order valence-corrected chi connectivity index (χ2v) is 5.35. The highest BCUT2D eigenvalue weighted by atomic mass is 35.5. The van der Waals surface area contributed by atoms with E-state index in [1.807, 2.05) is 19.1 Å². The Hall–Kier alpha value is -1.02. The fraction of sp³-hybridized carbons (Fsp3) is 0.200.